The Labute approximate surface area is 133 Å². The molecule has 1 aromatic carbocycles. The Morgan fingerprint density at radius 2 is 1.82 bits per heavy atom. The van der Waals surface area contributed by atoms with E-state index in [1.807, 2.05) is 0 Å². The molecule has 22 heavy (non-hydrogen) atoms. The molecule has 0 spiro atoms. The third-order valence-corrected chi connectivity index (χ3v) is 4.28. The van der Waals surface area contributed by atoms with Crippen LogP contribution >= 0.6 is 0 Å². The highest BCUT2D eigenvalue weighted by molar-refractivity contribution is 5.89. The number of hydrogen-bond donors (Lipinski definition) is 2. The Hall–Kier alpha value is -1.55. The molecule has 124 valence electrons. The molecular weight excluding hydrogens is 280 g/mol. The maximum atomic E-state index is 10.8. The monoisotopic (exact) mass is 308 g/mol. The fourth-order valence-electron chi connectivity index (χ4n) is 2.87. The maximum Gasteiger partial charge on any atom is 0.337 e. The van der Waals surface area contributed by atoms with Gasteiger partial charge in [-0.3, -0.25) is 0 Å². The van der Waals surface area contributed by atoms with Crippen molar-refractivity contribution in [3.05, 3.63) is 29.8 Å². The number of phenolic OH excluding ortho intramolecular Hbond substituents is 1. The highest BCUT2D eigenvalue weighted by Crippen LogP contribution is 2.33. The van der Waals surface area contributed by atoms with Gasteiger partial charge in [-0.15, -0.1) is 0 Å². The van der Waals surface area contributed by atoms with Gasteiger partial charge < -0.3 is 14.9 Å². The van der Waals surface area contributed by atoms with Gasteiger partial charge in [0.25, 0.3) is 0 Å². The van der Waals surface area contributed by atoms with E-state index in [1.165, 1.54) is 44.2 Å². The van der Waals surface area contributed by atoms with Gasteiger partial charge in [-0.25, -0.2) is 4.79 Å². The smallest absolute Gasteiger partial charge is 0.337 e. The third kappa shape index (κ3) is 5.68. The van der Waals surface area contributed by atoms with Gasteiger partial charge in [0.15, 0.2) is 0 Å². The third-order valence-electron chi connectivity index (χ3n) is 4.28. The van der Waals surface area contributed by atoms with Crippen molar-refractivity contribution in [1.29, 1.82) is 0 Å². The molecule has 0 heterocycles. The van der Waals surface area contributed by atoms with Crippen molar-refractivity contribution in [2.75, 3.05) is 7.11 Å². The number of carbonyl (C=O) groups excluding carboxylic acids is 1. The van der Waals surface area contributed by atoms with Crippen molar-refractivity contribution in [2.24, 2.45) is 17.8 Å². The maximum absolute atomic E-state index is 10.8. The van der Waals surface area contributed by atoms with E-state index < -0.39 is 5.97 Å². The Morgan fingerprint density at radius 1 is 1.23 bits per heavy atom. The molecule has 0 aromatic heterocycles. The molecule has 0 saturated heterocycles. The molecule has 1 saturated carbocycles. The number of benzene rings is 1. The van der Waals surface area contributed by atoms with Crippen molar-refractivity contribution >= 4 is 5.97 Å². The summed E-state index contributed by atoms with van der Waals surface area (Å²) in [6, 6.07) is 5.88. The second kappa shape index (κ2) is 8.79. The molecule has 1 fully saturated rings. The lowest BCUT2D eigenvalue weighted by molar-refractivity contribution is 0.0266. The predicted octanol–water partition coefficient (Wildman–Crippen LogP) is 3.62. The van der Waals surface area contributed by atoms with E-state index in [-0.39, 0.29) is 11.9 Å². The van der Waals surface area contributed by atoms with Gasteiger partial charge in [0.05, 0.1) is 18.8 Å². The summed E-state index contributed by atoms with van der Waals surface area (Å²) in [5.74, 6) is 1.69. The Kier molecular flexibility index (Phi) is 7.39. The number of rotatable bonds is 2. The highest BCUT2D eigenvalue weighted by atomic mass is 16.5. The standard InChI is InChI=1S/C10H20O.C8H8O3/c1-7(2)9-5-4-8(3)6-10(9)11;1-11-8(10)6-2-4-7(9)5-3-6/h7-11H,4-6H2,1-3H3;2-5,9H,1H3/t8-,9+,10-;/m1./s1. The van der Waals surface area contributed by atoms with Crippen LogP contribution in [0.5, 0.6) is 5.75 Å². The fraction of sp³-hybridized carbons (Fsp3) is 0.611. The molecule has 0 radical (unpaired) electrons. The van der Waals surface area contributed by atoms with Gasteiger partial charge in [-0.05, 0) is 54.9 Å². The minimum Gasteiger partial charge on any atom is -0.508 e. The summed E-state index contributed by atoms with van der Waals surface area (Å²) >= 11 is 0. The van der Waals surface area contributed by atoms with E-state index in [0.717, 1.165) is 12.3 Å². The largest absolute Gasteiger partial charge is 0.508 e. The van der Waals surface area contributed by atoms with Crippen LogP contribution in [0.2, 0.25) is 0 Å². The quantitative estimate of drug-likeness (QED) is 0.819. The number of aliphatic hydroxyl groups excluding tert-OH is 1. The molecule has 1 aromatic rings. The fourth-order valence-corrected chi connectivity index (χ4v) is 2.87. The number of aromatic hydroxyl groups is 1. The molecule has 3 atom stereocenters. The van der Waals surface area contributed by atoms with E-state index in [0.29, 0.717) is 17.4 Å². The van der Waals surface area contributed by atoms with Crippen LogP contribution < -0.4 is 0 Å². The molecule has 0 bridgehead atoms. The van der Waals surface area contributed by atoms with Crippen molar-refractivity contribution in [1.82, 2.24) is 0 Å². The van der Waals surface area contributed by atoms with Gasteiger partial charge in [-0.2, -0.15) is 0 Å². The number of carbonyl (C=O) groups is 1. The molecule has 1 aliphatic rings. The van der Waals surface area contributed by atoms with Crippen LogP contribution in [-0.4, -0.2) is 29.4 Å². The van der Waals surface area contributed by atoms with Gasteiger partial charge in [0, 0.05) is 0 Å². The first-order chi connectivity index (χ1) is 10.3. The molecule has 0 unspecified atom stereocenters. The van der Waals surface area contributed by atoms with Gasteiger partial charge >= 0.3 is 5.97 Å². The number of ether oxygens (including phenoxy) is 1. The first-order valence-corrected chi connectivity index (χ1v) is 7.90. The molecule has 4 heteroatoms. The molecule has 2 rings (SSSR count). The van der Waals surface area contributed by atoms with E-state index >= 15 is 0 Å². The van der Waals surface area contributed by atoms with Crippen LogP contribution in [0.4, 0.5) is 0 Å². The van der Waals surface area contributed by atoms with Crippen molar-refractivity contribution in [2.45, 2.75) is 46.1 Å². The molecule has 4 nitrogen and oxygen atoms in total. The predicted molar refractivity (Wildman–Crippen MR) is 86.8 cm³/mol. The lowest BCUT2D eigenvalue weighted by Crippen LogP contribution is -2.31. The number of methoxy groups -OCH3 is 1. The Morgan fingerprint density at radius 3 is 2.27 bits per heavy atom. The molecule has 1 aliphatic carbocycles. The lowest BCUT2D eigenvalue weighted by Gasteiger charge is -2.33. The van der Waals surface area contributed by atoms with E-state index in [1.54, 1.807) is 0 Å². The number of esters is 1. The van der Waals surface area contributed by atoms with Gasteiger partial charge in [0.2, 0.25) is 0 Å². The van der Waals surface area contributed by atoms with Gasteiger partial charge in [-0.1, -0.05) is 27.2 Å². The second-order valence-corrected chi connectivity index (χ2v) is 6.43. The summed E-state index contributed by atoms with van der Waals surface area (Å²) < 4.78 is 4.46. The molecular formula is C18H28O4. The molecule has 0 amide bonds. The summed E-state index contributed by atoms with van der Waals surface area (Å²) in [5, 5.41) is 18.6. The van der Waals surface area contributed by atoms with Crippen LogP contribution in [0, 0.1) is 17.8 Å². The van der Waals surface area contributed by atoms with Crippen molar-refractivity contribution in [3.63, 3.8) is 0 Å². The van der Waals surface area contributed by atoms with E-state index in [4.69, 9.17) is 5.11 Å². The minimum absolute atomic E-state index is 0.0289. The van der Waals surface area contributed by atoms with Crippen LogP contribution in [0.15, 0.2) is 24.3 Å². The topological polar surface area (TPSA) is 66.8 Å². The molecule has 2 N–H and O–H groups in total. The first-order valence-electron chi connectivity index (χ1n) is 7.90. The number of aliphatic hydroxyl groups is 1. The van der Waals surface area contributed by atoms with E-state index in [9.17, 15) is 9.90 Å². The summed E-state index contributed by atoms with van der Waals surface area (Å²) in [6.07, 6.45) is 3.52. The highest BCUT2D eigenvalue weighted by Gasteiger charge is 2.28. The Bertz CT molecular complexity index is 453. The average molecular weight is 308 g/mol. The zero-order valence-electron chi connectivity index (χ0n) is 14.0. The van der Waals surface area contributed by atoms with Crippen LogP contribution in [0.1, 0.15) is 50.4 Å². The number of phenols is 1. The van der Waals surface area contributed by atoms with E-state index in [2.05, 4.69) is 25.5 Å². The van der Waals surface area contributed by atoms with Crippen molar-refractivity contribution in [3.8, 4) is 5.75 Å². The first kappa shape index (κ1) is 18.5. The van der Waals surface area contributed by atoms with Crippen LogP contribution in [0.25, 0.3) is 0 Å². The summed E-state index contributed by atoms with van der Waals surface area (Å²) in [4.78, 5) is 10.8. The van der Waals surface area contributed by atoms with Crippen LogP contribution in [-0.2, 0) is 4.74 Å². The normalized spacial score (nSPS) is 24.4. The summed E-state index contributed by atoms with van der Waals surface area (Å²) in [5.41, 5.74) is 0.435. The zero-order chi connectivity index (χ0) is 16.7. The second-order valence-electron chi connectivity index (χ2n) is 6.43. The Balaban J connectivity index is 0.000000220. The lowest BCUT2D eigenvalue weighted by atomic mass is 9.75. The molecule has 0 aliphatic heterocycles. The van der Waals surface area contributed by atoms with Crippen LogP contribution in [0.3, 0.4) is 0 Å². The summed E-state index contributed by atoms with van der Waals surface area (Å²) in [7, 11) is 1.31. The van der Waals surface area contributed by atoms with Gasteiger partial charge in [0.1, 0.15) is 5.75 Å². The zero-order valence-corrected chi connectivity index (χ0v) is 14.0. The average Bonchev–Trinajstić information content (AvgIpc) is 2.47. The van der Waals surface area contributed by atoms with Crippen molar-refractivity contribution < 1.29 is 19.7 Å². The minimum atomic E-state index is -0.398. The number of hydrogen-bond acceptors (Lipinski definition) is 4. The SMILES string of the molecule is CC(C)[C@@H]1CC[C@@H](C)C[C@H]1O.COC(=O)c1ccc(O)cc1. The summed E-state index contributed by atoms with van der Waals surface area (Å²) in [6.45, 7) is 6.66.